The van der Waals surface area contributed by atoms with Gasteiger partial charge in [0.05, 0.1) is 0 Å². The minimum atomic E-state index is -3.61. The summed E-state index contributed by atoms with van der Waals surface area (Å²) in [6.45, 7) is 0. The molecule has 0 aliphatic heterocycles. The van der Waals surface area contributed by atoms with Gasteiger partial charge in [0.2, 0.25) is 0 Å². The third-order valence-corrected chi connectivity index (χ3v) is 6.32. The quantitative estimate of drug-likeness (QED) is 0.765. The van der Waals surface area contributed by atoms with Crippen molar-refractivity contribution in [2.45, 2.75) is 4.21 Å². The number of thiophene rings is 1. The molecule has 5 nitrogen and oxygen atoms in total. The summed E-state index contributed by atoms with van der Waals surface area (Å²) in [7, 11) is -3.61. The van der Waals surface area contributed by atoms with E-state index in [0.29, 0.717) is 11.4 Å². The molecular weight excluding hydrogens is 326 g/mol. The minimum absolute atomic E-state index is 0.194. The van der Waals surface area contributed by atoms with Gasteiger partial charge in [-0.2, -0.15) is 0 Å². The number of hydrogen-bond donors (Lipinski definition) is 2. The highest BCUT2D eigenvalue weighted by Crippen LogP contribution is 2.27. The van der Waals surface area contributed by atoms with Gasteiger partial charge >= 0.3 is 0 Å². The van der Waals surface area contributed by atoms with Crippen LogP contribution in [0.25, 0.3) is 10.6 Å². The van der Waals surface area contributed by atoms with Crippen molar-refractivity contribution in [3.05, 3.63) is 47.3 Å². The molecule has 3 aromatic rings. The molecule has 1 aromatic carbocycles. The van der Waals surface area contributed by atoms with E-state index >= 15 is 0 Å². The summed E-state index contributed by atoms with van der Waals surface area (Å²) < 4.78 is 27.2. The third-order valence-electron chi connectivity index (χ3n) is 2.65. The number of nitrogens with two attached hydrogens (primary N) is 1. The van der Waals surface area contributed by atoms with Crippen molar-refractivity contribution in [2.24, 2.45) is 0 Å². The second-order valence-electron chi connectivity index (χ2n) is 4.22. The lowest BCUT2D eigenvalue weighted by Gasteiger charge is -2.07. The first-order valence-electron chi connectivity index (χ1n) is 5.91. The fraction of sp³-hybridized carbons (Fsp3) is 0. The van der Waals surface area contributed by atoms with Gasteiger partial charge in [0.25, 0.3) is 10.0 Å². The van der Waals surface area contributed by atoms with Gasteiger partial charge in [0, 0.05) is 33.9 Å². The Morgan fingerprint density at radius 1 is 1.19 bits per heavy atom. The first kappa shape index (κ1) is 14.1. The van der Waals surface area contributed by atoms with Crippen LogP contribution in [0.2, 0.25) is 0 Å². The lowest BCUT2D eigenvalue weighted by Crippen LogP contribution is -2.11. The molecule has 0 aliphatic carbocycles. The maximum atomic E-state index is 12.2. The maximum absolute atomic E-state index is 12.2. The summed E-state index contributed by atoms with van der Waals surface area (Å²) in [5, 5.41) is 4.32. The van der Waals surface area contributed by atoms with Gasteiger partial charge in [0.1, 0.15) is 9.22 Å². The van der Waals surface area contributed by atoms with Crippen molar-refractivity contribution in [3.63, 3.8) is 0 Å². The van der Waals surface area contributed by atoms with Crippen molar-refractivity contribution in [1.29, 1.82) is 0 Å². The highest BCUT2D eigenvalue weighted by Gasteiger charge is 2.16. The van der Waals surface area contributed by atoms with E-state index in [2.05, 4.69) is 9.71 Å². The summed E-state index contributed by atoms with van der Waals surface area (Å²) in [5.41, 5.74) is 7.38. The minimum Gasteiger partial charge on any atom is -0.398 e. The number of anilines is 2. The highest BCUT2D eigenvalue weighted by molar-refractivity contribution is 7.94. The molecule has 108 valence electrons. The van der Waals surface area contributed by atoms with Crippen LogP contribution in [0.4, 0.5) is 11.4 Å². The zero-order chi connectivity index (χ0) is 14.9. The van der Waals surface area contributed by atoms with Crippen LogP contribution in [0.15, 0.2) is 51.5 Å². The summed E-state index contributed by atoms with van der Waals surface area (Å²) in [6, 6.07) is 8.58. The first-order valence-corrected chi connectivity index (χ1v) is 9.15. The molecule has 0 bridgehead atoms. The molecule has 3 rings (SSSR count). The molecule has 0 saturated heterocycles. The van der Waals surface area contributed by atoms with Crippen molar-refractivity contribution < 1.29 is 8.42 Å². The Labute approximate surface area is 130 Å². The van der Waals surface area contributed by atoms with Crippen LogP contribution in [-0.4, -0.2) is 13.4 Å². The van der Waals surface area contributed by atoms with Crippen molar-refractivity contribution in [3.8, 4) is 10.6 Å². The Hall–Kier alpha value is -1.90. The number of hydrogen-bond acceptors (Lipinski definition) is 6. The highest BCUT2D eigenvalue weighted by atomic mass is 32.2. The number of aromatic nitrogens is 1. The van der Waals surface area contributed by atoms with E-state index in [9.17, 15) is 8.42 Å². The largest absolute Gasteiger partial charge is 0.398 e. The fourth-order valence-electron chi connectivity index (χ4n) is 1.76. The van der Waals surface area contributed by atoms with E-state index in [1.165, 1.54) is 17.4 Å². The van der Waals surface area contributed by atoms with Crippen molar-refractivity contribution >= 4 is 44.1 Å². The molecule has 0 radical (unpaired) electrons. The van der Waals surface area contributed by atoms with Gasteiger partial charge < -0.3 is 5.73 Å². The standard InChI is InChI=1S/C13H11N3O2S3/c14-10-7-12(20-8-10)21(17,18)16-11-3-1-2-9(6-11)13-15-4-5-19-13/h1-8,16H,14H2. The zero-order valence-electron chi connectivity index (χ0n) is 10.7. The van der Waals surface area contributed by atoms with E-state index < -0.39 is 10.0 Å². The van der Waals surface area contributed by atoms with Gasteiger partial charge in [-0.25, -0.2) is 13.4 Å². The van der Waals surface area contributed by atoms with Gasteiger partial charge in [-0.15, -0.1) is 22.7 Å². The van der Waals surface area contributed by atoms with Crippen LogP contribution in [0, 0.1) is 0 Å². The fourth-order valence-corrected chi connectivity index (χ4v) is 4.52. The lowest BCUT2D eigenvalue weighted by atomic mass is 10.2. The number of sulfonamides is 1. The van der Waals surface area contributed by atoms with Crippen molar-refractivity contribution in [2.75, 3.05) is 10.5 Å². The Kier molecular flexibility index (Phi) is 3.66. The SMILES string of the molecule is Nc1csc(S(=O)(=O)Nc2cccc(-c3nccs3)c2)c1. The van der Waals surface area contributed by atoms with Crippen LogP contribution in [0.5, 0.6) is 0 Å². The molecule has 0 atom stereocenters. The topological polar surface area (TPSA) is 85.1 Å². The molecular formula is C13H11N3O2S3. The summed E-state index contributed by atoms with van der Waals surface area (Å²) in [6.07, 6.45) is 1.71. The summed E-state index contributed by atoms with van der Waals surface area (Å²) >= 11 is 2.59. The van der Waals surface area contributed by atoms with Crippen LogP contribution in [0.3, 0.4) is 0 Å². The lowest BCUT2D eigenvalue weighted by molar-refractivity contribution is 0.603. The number of rotatable bonds is 4. The average molecular weight is 337 g/mol. The molecule has 0 spiro atoms. The molecule has 2 aromatic heterocycles. The molecule has 3 N–H and O–H groups in total. The van der Waals surface area contributed by atoms with E-state index in [4.69, 9.17) is 5.73 Å². The molecule has 8 heteroatoms. The average Bonchev–Trinajstić information content (AvgIpc) is 3.09. The van der Waals surface area contributed by atoms with Crippen LogP contribution < -0.4 is 10.5 Å². The Morgan fingerprint density at radius 2 is 2.05 bits per heavy atom. The van der Waals surface area contributed by atoms with Crippen LogP contribution in [0.1, 0.15) is 0 Å². The summed E-state index contributed by atoms with van der Waals surface area (Å²) in [5.74, 6) is 0. The number of nitrogens with zero attached hydrogens (tertiary/aromatic N) is 1. The second kappa shape index (κ2) is 5.47. The Balaban J connectivity index is 1.90. The van der Waals surface area contributed by atoms with E-state index in [1.54, 1.807) is 29.8 Å². The molecule has 0 amide bonds. The summed E-state index contributed by atoms with van der Waals surface area (Å²) in [4.78, 5) is 4.21. The van der Waals surface area contributed by atoms with E-state index in [0.717, 1.165) is 21.9 Å². The normalized spacial score (nSPS) is 11.4. The monoisotopic (exact) mass is 337 g/mol. The molecule has 0 aliphatic rings. The number of nitrogen functional groups attached to an aromatic ring is 1. The smallest absolute Gasteiger partial charge is 0.271 e. The molecule has 2 heterocycles. The first-order chi connectivity index (χ1) is 10.0. The van der Waals surface area contributed by atoms with Crippen LogP contribution in [-0.2, 0) is 10.0 Å². The van der Waals surface area contributed by atoms with Gasteiger partial charge in [-0.1, -0.05) is 12.1 Å². The number of nitrogens with one attached hydrogen (secondary N) is 1. The van der Waals surface area contributed by atoms with Gasteiger partial charge in [-0.3, -0.25) is 4.72 Å². The maximum Gasteiger partial charge on any atom is 0.271 e. The molecule has 0 unspecified atom stereocenters. The van der Waals surface area contributed by atoms with Crippen LogP contribution >= 0.6 is 22.7 Å². The predicted molar refractivity (Wildman–Crippen MR) is 87.1 cm³/mol. The van der Waals surface area contributed by atoms with Gasteiger partial charge in [-0.05, 0) is 18.2 Å². The third kappa shape index (κ3) is 3.07. The molecule has 21 heavy (non-hydrogen) atoms. The van der Waals surface area contributed by atoms with E-state index in [1.807, 2.05) is 11.4 Å². The zero-order valence-corrected chi connectivity index (χ0v) is 13.1. The Morgan fingerprint density at radius 3 is 2.71 bits per heavy atom. The number of benzene rings is 1. The van der Waals surface area contributed by atoms with Gasteiger partial charge in [0.15, 0.2) is 0 Å². The number of thiazole rings is 1. The predicted octanol–water partition coefficient (Wildman–Crippen LogP) is 3.25. The molecule has 0 saturated carbocycles. The van der Waals surface area contributed by atoms with Crippen molar-refractivity contribution in [1.82, 2.24) is 4.98 Å². The Bertz CT molecular complexity index is 854. The second-order valence-corrected chi connectivity index (χ2v) is 7.94. The molecule has 0 fully saturated rings. The van der Waals surface area contributed by atoms with E-state index in [-0.39, 0.29) is 4.21 Å².